The monoisotopic (exact) mass is 1010 g/mol. The highest BCUT2D eigenvalue weighted by atomic mass is 16.7. The lowest BCUT2D eigenvalue weighted by atomic mass is 10.0. The van der Waals surface area contributed by atoms with Crippen LogP contribution in [0.4, 0.5) is 0 Å². The Labute approximate surface area is 443 Å². The first-order valence-electron chi connectivity index (χ1n) is 29.6. The first kappa shape index (κ1) is 68.7. The maximum atomic E-state index is 12.8. The summed E-state index contributed by atoms with van der Waals surface area (Å²) in [5.74, 6) is -2.27. The molecule has 0 heterocycles. The van der Waals surface area contributed by atoms with Gasteiger partial charge >= 0.3 is 11.9 Å². The van der Waals surface area contributed by atoms with Crippen molar-refractivity contribution in [2.24, 2.45) is 0 Å². The molecule has 9 heteroatoms. The highest BCUT2D eigenvalue weighted by Gasteiger charge is 2.22. The number of allylic oxidation sites excluding steroid dienone is 12. The summed E-state index contributed by atoms with van der Waals surface area (Å²) < 4.78 is 22.7. The van der Waals surface area contributed by atoms with E-state index in [2.05, 4.69) is 86.8 Å². The topological polar surface area (TPSA) is 111 Å². The second kappa shape index (κ2) is 54.0. The molecule has 0 saturated carbocycles. The molecule has 416 valence electrons. The van der Waals surface area contributed by atoms with Gasteiger partial charge in [0.2, 0.25) is 0 Å². The number of carbonyl (C=O) groups excluding carboxylic acids is 3. The Morgan fingerprint density at radius 3 is 1.18 bits per heavy atom. The first-order chi connectivity index (χ1) is 35.1. The van der Waals surface area contributed by atoms with Crippen molar-refractivity contribution < 1.29 is 42.9 Å². The summed E-state index contributed by atoms with van der Waals surface area (Å²) in [6, 6.07) is 0. The molecule has 0 bridgehead atoms. The zero-order chi connectivity index (χ0) is 52.7. The highest BCUT2D eigenvalue weighted by molar-refractivity contribution is 5.70. The molecular weight excluding hydrogens is 899 g/mol. The van der Waals surface area contributed by atoms with Crippen molar-refractivity contribution in [1.82, 2.24) is 0 Å². The van der Waals surface area contributed by atoms with Crippen LogP contribution >= 0.6 is 0 Å². The van der Waals surface area contributed by atoms with E-state index in [1.807, 2.05) is 21.1 Å². The van der Waals surface area contributed by atoms with E-state index in [9.17, 15) is 19.5 Å². The van der Waals surface area contributed by atoms with Crippen molar-refractivity contribution in [2.45, 2.75) is 264 Å². The second-order valence-electron chi connectivity index (χ2n) is 20.9. The number of esters is 2. The predicted molar refractivity (Wildman–Crippen MR) is 301 cm³/mol. The van der Waals surface area contributed by atoms with Crippen LogP contribution in [0.5, 0.6) is 0 Å². The zero-order valence-electron chi connectivity index (χ0n) is 47.3. The summed E-state index contributed by atoms with van der Waals surface area (Å²) in [6.45, 7) is 4.64. The Kier molecular flexibility index (Phi) is 51.6. The number of nitrogens with zero attached hydrogens (tertiary/aromatic N) is 1. The lowest BCUT2D eigenvalue weighted by molar-refractivity contribution is -0.870. The van der Waals surface area contributed by atoms with Crippen LogP contribution < -0.4 is 5.11 Å². The molecule has 72 heavy (non-hydrogen) atoms. The second-order valence-corrected chi connectivity index (χ2v) is 20.9. The standard InChI is InChI=1S/C63H111NO8/c1-6-8-10-12-14-16-18-20-21-22-23-24-25-26-27-28-29-30-31-32-33-34-35-36-37-38-39-40-41-42-44-46-48-50-52-54-61(66)72-59(58-71-63(62(67)68)69-56-55-64(3,4)5)57-70-60(65)53-51-49-47-45-43-19-17-15-13-11-9-7-2/h8,10,14,16,20-21,23-24,26-27,29-30,59,63H,6-7,9,11-13,15,17-19,22,25,28,31-58H2,1-5H3/b10-8-,16-14-,21-20-,24-23-,27-26-,30-29-. The molecule has 0 saturated heterocycles. The van der Waals surface area contributed by atoms with Gasteiger partial charge in [-0.05, 0) is 64.2 Å². The van der Waals surface area contributed by atoms with Gasteiger partial charge in [-0.25, -0.2) is 0 Å². The number of carbonyl (C=O) groups is 3. The van der Waals surface area contributed by atoms with Gasteiger partial charge in [0, 0.05) is 12.8 Å². The fourth-order valence-corrected chi connectivity index (χ4v) is 8.19. The van der Waals surface area contributed by atoms with Crippen LogP contribution in [0.2, 0.25) is 0 Å². The van der Waals surface area contributed by atoms with Crippen molar-refractivity contribution >= 4 is 17.9 Å². The maximum Gasteiger partial charge on any atom is 0.306 e. The van der Waals surface area contributed by atoms with Gasteiger partial charge < -0.3 is 33.3 Å². The number of carboxylic acids is 1. The van der Waals surface area contributed by atoms with Crippen LogP contribution in [0.25, 0.3) is 0 Å². The molecule has 0 aliphatic carbocycles. The van der Waals surface area contributed by atoms with Crippen LogP contribution in [0.3, 0.4) is 0 Å². The van der Waals surface area contributed by atoms with Crippen molar-refractivity contribution in [3.63, 3.8) is 0 Å². The van der Waals surface area contributed by atoms with Gasteiger partial charge in [0.1, 0.15) is 13.2 Å². The van der Waals surface area contributed by atoms with Crippen molar-refractivity contribution in [3.05, 3.63) is 72.9 Å². The normalized spacial score (nSPS) is 13.3. The lowest BCUT2D eigenvalue weighted by Crippen LogP contribution is -2.44. The molecule has 0 fully saturated rings. The molecule has 0 aromatic heterocycles. The summed E-state index contributed by atoms with van der Waals surface area (Å²) in [6.07, 6.45) is 66.8. The Morgan fingerprint density at radius 2 is 0.792 bits per heavy atom. The van der Waals surface area contributed by atoms with Gasteiger partial charge in [0.25, 0.3) is 0 Å². The Hall–Kier alpha value is -3.27. The summed E-state index contributed by atoms with van der Waals surface area (Å²) in [5.41, 5.74) is 0. The van der Waals surface area contributed by atoms with E-state index in [1.165, 1.54) is 148 Å². The van der Waals surface area contributed by atoms with Gasteiger partial charge in [-0.15, -0.1) is 0 Å². The molecule has 2 unspecified atom stereocenters. The number of quaternary nitrogens is 1. The van der Waals surface area contributed by atoms with E-state index < -0.39 is 24.3 Å². The van der Waals surface area contributed by atoms with Gasteiger partial charge in [0.15, 0.2) is 12.4 Å². The van der Waals surface area contributed by atoms with Crippen molar-refractivity contribution in [3.8, 4) is 0 Å². The Morgan fingerprint density at radius 1 is 0.431 bits per heavy atom. The van der Waals surface area contributed by atoms with Gasteiger partial charge in [-0.3, -0.25) is 9.59 Å². The number of unbranched alkanes of at least 4 members (excludes halogenated alkanes) is 27. The number of hydrogen-bond donors (Lipinski definition) is 0. The molecule has 0 aliphatic rings. The third-order valence-electron chi connectivity index (χ3n) is 12.7. The fourth-order valence-electron chi connectivity index (χ4n) is 8.19. The number of likely N-dealkylation sites (N-methyl/N-ethyl adjacent to an activating group) is 1. The number of rotatable bonds is 54. The summed E-state index contributed by atoms with van der Waals surface area (Å²) in [5, 5.41) is 11.7. The minimum Gasteiger partial charge on any atom is -0.545 e. The number of aliphatic carboxylic acids is 1. The average molecular weight is 1010 g/mol. The summed E-state index contributed by atoms with van der Waals surface area (Å²) in [4.78, 5) is 37.2. The van der Waals surface area contributed by atoms with Crippen LogP contribution in [-0.4, -0.2) is 82.3 Å². The zero-order valence-corrected chi connectivity index (χ0v) is 47.3. The smallest absolute Gasteiger partial charge is 0.306 e. The quantitative estimate of drug-likeness (QED) is 0.0195. The number of ether oxygens (including phenoxy) is 4. The molecule has 9 nitrogen and oxygen atoms in total. The van der Waals surface area contributed by atoms with Crippen molar-refractivity contribution in [2.75, 3.05) is 47.5 Å². The average Bonchev–Trinajstić information content (AvgIpc) is 3.35. The van der Waals surface area contributed by atoms with E-state index >= 15 is 0 Å². The van der Waals surface area contributed by atoms with Crippen molar-refractivity contribution in [1.29, 1.82) is 0 Å². The molecule has 0 aromatic carbocycles. The first-order valence-corrected chi connectivity index (χ1v) is 29.6. The van der Waals surface area contributed by atoms with Crippen LogP contribution in [0.15, 0.2) is 72.9 Å². The lowest BCUT2D eigenvalue weighted by Gasteiger charge is -2.26. The van der Waals surface area contributed by atoms with Gasteiger partial charge in [0.05, 0.1) is 40.3 Å². The molecule has 0 amide bonds. The largest absolute Gasteiger partial charge is 0.545 e. The highest BCUT2D eigenvalue weighted by Crippen LogP contribution is 2.16. The predicted octanol–water partition coefficient (Wildman–Crippen LogP) is 16.1. The van der Waals surface area contributed by atoms with E-state index in [1.54, 1.807) is 0 Å². The summed E-state index contributed by atoms with van der Waals surface area (Å²) in [7, 11) is 5.92. The van der Waals surface area contributed by atoms with E-state index in [0.717, 1.165) is 70.6 Å². The molecule has 0 N–H and O–H groups in total. The van der Waals surface area contributed by atoms with E-state index in [4.69, 9.17) is 18.9 Å². The Balaban J connectivity index is 4.06. The molecular formula is C63H111NO8. The van der Waals surface area contributed by atoms with Gasteiger partial charge in [-0.2, -0.15) is 0 Å². The molecule has 0 rings (SSSR count). The van der Waals surface area contributed by atoms with Crippen LogP contribution in [0, 0.1) is 0 Å². The van der Waals surface area contributed by atoms with E-state index in [0.29, 0.717) is 23.9 Å². The molecule has 0 radical (unpaired) electrons. The SMILES string of the molecule is CC/C=C\C/C=C\C/C=C\C/C=C\C/C=C\C/C=C\CCCCCCCCCCCCCCCCCCC(=O)OC(COC(=O)CCCCCCCCCCCCCC)COC(OCC[N+](C)(C)C)C(=O)[O-]. The third kappa shape index (κ3) is 54.5. The van der Waals surface area contributed by atoms with Gasteiger partial charge in [-0.1, -0.05) is 247 Å². The number of carboxylic acid groups (broad SMARTS) is 1. The number of hydrogen-bond acceptors (Lipinski definition) is 8. The maximum absolute atomic E-state index is 12.8. The van der Waals surface area contributed by atoms with Crippen LogP contribution in [-0.2, 0) is 33.3 Å². The Bertz CT molecular complexity index is 1410. The minimum absolute atomic E-state index is 0.148. The van der Waals surface area contributed by atoms with Crippen LogP contribution in [0.1, 0.15) is 251 Å². The molecule has 0 aliphatic heterocycles. The molecule has 0 spiro atoms. The summed E-state index contributed by atoms with van der Waals surface area (Å²) >= 11 is 0. The molecule has 2 atom stereocenters. The minimum atomic E-state index is -1.62. The molecule has 0 aromatic rings. The van der Waals surface area contributed by atoms with E-state index in [-0.39, 0.29) is 32.2 Å². The fraction of sp³-hybridized carbons (Fsp3) is 0.762. The third-order valence-corrected chi connectivity index (χ3v) is 12.7.